The monoisotopic (exact) mass is 277 g/mol. The number of hydrogen-bond acceptors (Lipinski definition) is 4. The highest BCUT2D eigenvalue weighted by Gasteiger charge is 2.14. The number of nitrogens with zero attached hydrogens (tertiary/aromatic N) is 1. The molecule has 0 bridgehead atoms. The minimum absolute atomic E-state index is 0.140. The highest BCUT2D eigenvalue weighted by molar-refractivity contribution is 5.46. The zero-order chi connectivity index (χ0) is 14.7. The van der Waals surface area contributed by atoms with E-state index in [0.717, 1.165) is 5.56 Å². The van der Waals surface area contributed by atoms with Crippen LogP contribution in [0.25, 0.3) is 0 Å². The molecule has 2 aromatic carbocycles. The Balaban J connectivity index is 2.34. The van der Waals surface area contributed by atoms with Crippen LogP contribution >= 0.6 is 0 Å². The van der Waals surface area contributed by atoms with Crippen LogP contribution in [0.15, 0.2) is 36.4 Å². The Morgan fingerprint density at radius 3 is 2.70 bits per heavy atom. The van der Waals surface area contributed by atoms with E-state index in [4.69, 9.17) is 9.84 Å². The van der Waals surface area contributed by atoms with E-state index in [9.17, 15) is 14.5 Å². The Kier molecular flexibility index (Phi) is 3.95. The average molecular weight is 277 g/mol. The first-order valence-corrected chi connectivity index (χ1v) is 5.83. The van der Waals surface area contributed by atoms with Crippen LogP contribution in [0.2, 0.25) is 0 Å². The number of nitro groups is 1. The molecule has 2 aromatic rings. The average Bonchev–Trinajstić information content (AvgIpc) is 2.42. The predicted octanol–water partition coefficient (Wildman–Crippen LogP) is 3.33. The number of benzene rings is 2. The van der Waals surface area contributed by atoms with Crippen molar-refractivity contribution in [1.82, 2.24) is 0 Å². The molecule has 5 nitrogen and oxygen atoms in total. The predicted molar refractivity (Wildman–Crippen MR) is 70.2 cm³/mol. The van der Waals surface area contributed by atoms with Crippen molar-refractivity contribution in [3.63, 3.8) is 0 Å². The van der Waals surface area contributed by atoms with Crippen LogP contribution in [-0.4, -0.2) is 10.0 Å². The molecule has 0 aromatic heterocycles. The second-order valence-corrected chi connectivity index (χ2v) is 4.22. The molecule has 0 spiro atoms. The molecule has 0 radical (unpaired) electrons. The second-order valence-electron chi connectivity index (χ2n) is 4.22. The lowest BCUT2D eigenvalue weighted by molar-refractivity contribution is -0.385. The van der Waals surface area contributed by atoms with Crippen LogP contribution in [0.1, 0.15) is 11.1 Å². The van der Waals surface area contributed by atoms with Crippen molar-refractivity contribution in [3.05, 3.63) is 63.5 Å². The molecule has 0 fully saturated rings. The molecular weight excluding hydrogens is 265 g/mol. The molecule has 0 amide bonds. The Bertz CT molecular complexity index is 658. The van der Waals surface area contributed by atoms with Crippen LogP contribution in [0, 0.1) is 22.9 Å². The molecule has 20 heavy (non-hydrogen) atoms. The van der Waals surface area contributed by atoms with Gasteiger partial charge in [-0.3, -0.25) is 10.1 Å². The van der Waals surface area contributed by atoms with E-state index in [1.807, 2.05) is 0 Å². The molecule has 0 aliphatic carbocycles. The summed E-state index contributed by atoms with van der Waals surface area (Å²) in [6.07, 6.45) is 0. The van der Waals surface area contributed by atoms with Gasteiger partial charge in [0, 0.05) is 12.1 Å². The number of nitro benzene ring substituents is 1. The van der Waals surface area contributed by atoms with E-state index < -0.39 is 17.3 Å². The van der Waals surface area contributed by atoms with Crippen molar-refractivity contribution in [3.8, 4) is 11.5 Å². The normalized spacial score (nSPS) is 10.3. The van der Waals surface area contributed by atoms with Gasteiger partial charge in [-0.05, 0) is 30.7 Å². The fourth-order valence-electron chi connectivity index (χ4n) is 1.74. The molecule has 104 valence electrons. The molecule has 0 unspecified atom stereocenters. The first-order valence-electron chi connectivity index (χ1n) is 5.83. The Morgan fingerprint density at radius 1 is 1.30 bits per heavy atom. The molecule has 0 atom stereocenters. The molecule has 0 saturated carbocycles. The van der Waals surface area contributed by atoms with Crippen molar-refractivity contribution in [2.45, 2.75) is 13.5 Å². The summed E-state index contributed by atoms with van der Waals surface area (Å²) in [7, 11) is 0. The number of aryl methyl sites for hydroxylation is 1. The van der Waals surface area contributed by atoms with Gasteiger partial charge in [0.1, 0.15) is 17.3 Å². The van der Waals surface area contributed by atoms with Crippen molar-refractivity contribution >= 4 is 5.69 Å². The van der Waals surface area contributed by atoms with Gasteiger partial charge >= 0.3 is 0 Å². The largest absolute Gasteiger partial charge is 0.457 e. The number of ether oxygens (including phenoxy) is 1. The summed E-state index contributed by atoms with van der Waals surface area (Å²) in [4.78, 5) is 10.2. The summed E-state index contributed by atoms with van der Waals surface area (Å²) in [6, 6.07) is 8.13. The van der Waals surface area contributed by atoms with Gasteiger partial charge in [0.05, 0.1) is 17.1 Å². The molecule has 0 saturated heterocycles. The third-order valence-corrected chi connectivity index (χ3v) is 2.80. The highest BCUT2D eigenvalue weighted by atomic mass is 19.1. The van der Waals surface area contributed by atoms with Crippen LogP contribution in [-0.2, 0) is 6.61 Å². The Morgan fingerprint density at radius 2 is 2.05 bits per heavy atom. The lowest BCUT2D eigenvalue weighted by Gasteiger charge is -2.09. The number of rotatable bonds is 4. The zero-order valence-corrected chi connectivity index (χ0v) is 10.7. The van der Waals surface area contributed by atoms with Crippen molar-refractivity contribution in [1.29, 1.82) is 0 Å². The van der Waals surface area contributed by atoms with E-state index >= 15 is 0 Å². The summed E-state index contributed by atoms with van der Waals surface area (Å²) < 4.78 is 18.6. The maximum atomic E-state index is 13.2. The quantitative estimate of drug-likeness (QED) is 0.687. The highest BCUT2D eigenvalue weighted by Crippen LogP contribution is 2.29. The topological polar surface area (TPSA) is 72.6 Å². The summed E-state index contributed by atoms with van der Waals surface area (Å²) in [5.41, 5.74) is 0.688. The van der Waals surface area contributed by atoms with Gasteiger partial charge in [0.25, 0.3) is 5.69 Å². The second kappa shape index (κ2) is 5.66. The third kappa shape index (κ3) is 2.92. The number of aliphatic hydroxyl groups excluding tert-OH is 1. The van der Waals surface area contributed by atoms with E-state index in [1.54, 1.807) is 13.0 Å². The zero-order valence-electron chi connectivity index (χ0n) is 10.7. The van der Waals surface area contributed by atoms with E-state index in [0.29, 0.717) is 11.5 Å². The number of halogens is 1. The maximum absolute atomic E-state index is 13.2. The van der Waals surface area contributed by atoms with Gasteiger partial charge in [-0.1, -0.05) is 6.07 Å². The molecule has 0 heterocycles. The standard InChI is InChI=1S/C14H12FNO4/c1-9-2-3-11(15)7-14(9)20-12-4-5-13(16(18)19)10(6-12)8-17/h2-7,17H,8H2,1H3. The van der Waals surface area contributed by atoms with Crippen molar-refractivity contribution in [2.24, 2.45) is 0 Å². The first kappa shape index (κ1) is 14.0. The van der Waals surface area contributed by atoms with E-state index in [1.165, 1.54) is 30.3 Å². The SMILES string of the molecule is Cc1ccc(F)cc1Oc1ccc([N+](=O)[O-])c(CO)c1. The minimum Gasteiger partial charge on any atom is -0.457 e. The number of hydrogen-bond donors (Lipinski definition) is 1. The molecule has 0 aliphatic heterocycles. The third-order valence-electron chi connectivity index (χ3n) is 2.80. The molecular formula is C14H12FNO4. The summed E-state index contributed by atoms with van der Waals surface area (Å²) in [6.45, 7) is 1.28. The van der Waals surface area contributed by atoms with Gasteiger partial charge in [0.2, 0.25) is 0 Å². The fourth-order valence-corrected chi connectivity index (χ4v) is 1.74. The molecule has 2 rings (SSSR count). The number of aliphatic hydroxyl groups is 1. The van der Waals surface area contributed by atoms with Gasteiger partial charge in [0.15, 0.2) is 0 Å². The lowest BCUT2D eigenvalue weighted by atomic mass is 10.1. The molecule has 1 N–H and O–H groups in total. The fraction of sp³-hybridized carbons (Fsp3) is 0.143. The Hall–Kier alpha value is -2.47. The van der Waals surface area contributed by atoms with Gasteiger partial charge in [-0.25, -0.2) is 4.39 Å². The summed E-state index contributed by atoms with van der Waals surface area (Å²) in [5.74, 6) is 0.186. The van der Waals surface area contributed by atoms with Crippen LogP contribution in [0.5, 0.6) is 11.5 Å². The smallest absolute Gasteiger partial charge is 0.275 e. The molecule has 6 heteroatoms. The summed E-state index contributed by atoms with van der Waals surface area (Å²) >= 11 is 0. The first-order chi connectivity index (χ1) is 9.51. The minimum atomic E-state index is -0.581. The maximum Gasteiger partial charge on any atom is 0.275 e. The van der Waals surface area contributed by atoms with E-state index in [-0.39, 0.29) is 11.3 Å². The van der Waals surface area contributed by atoms with Gasteiger partial charge in [-0.2, -0.15) is 0 Å². The van der Waals surface area contributed by atoms with Crippen LogP contribution in [0.4, 0.5) is 10.1 Å². The molecule has 0 aliphatic rings. The van der Waals surface area contributed by atoms with E-state index in [2.05, 4.69) is 0 Å². The van der Waals surface area contributed by atoms with Crippen molar-refractivity contribution in [2.75, 3.05) is 0 Å². The van der Waals surface area contributed by atoms with Gasteiger partial charge in [-0.15, -0.1) is 0 Å². The lowest BCUT2D eigenvalue weighted by Crippen LogP contribution is -1.96. The van der Waals surface area contributed by atoms with Crippen LogP contribution in [0.3, 0.4) is 0 Å². The summed E-state index contributed by atoms with van der Waals surface area (Å²) in [5, 5.41) is 19.9. The van der Waals surface area contributed by atoms with Gasteiger partial charge < -0.3 is 9.84 Å². The van der Waals surface area contributed by atoms with Crippen LogP contribution < -0.4 is 4.74 Å². The Labute approximate surface area is 114 Å². The van der Waals surface area contributed by atoms with Crippen molar-refractivity contribution < 1.29 is 19.2 Å².